The molecule has 90 valence electrons. The third kappa shape index (κ3) is 1.78. The van der Waals surface area contributed by atoms with E-state index in [-0.39, 0.29) is 5.54 Å². The molecule has 1 N–H and O–H groups in total. The number of fused-ring (bicyclic) bond motifs is 1. The Balaban J connectivity index is 2.02. The summed E-state index contributed by atoms with van der Waals surface area (Å²) in [7, 11) is 0. The topological polar surface area (TPSA) is 41.3 Å². The number of anilines is 1. The van der Waals surface area contributed by atoms with Gasteiger partial charge in [0.1, 0.15) is 5.52 Å². The summed E-state index contributed by atoms with van der Waals surface area (Å²) < 4.78 is 5.83. The van der Waals surface area contributed by atoms with Crippen LogP contribution in [0.4, 0.5) is 6.01 Å². The maximum Gasteiger partial charge on any atom is 0.298 e. The molecule has 0 unspecified atom stereocenters. The number of rotatable bonds is 1. The zero-order valence-electron chi connectivity index (χ0n) is 10.2. The van der Waals surface area contributed by atoms with Gasteiger partial charge in [0, 0.05) is 19.6 Å². The zero-order chi connectivity index (χ0) is 11.9. The number of nitrogens with one attached hydrogen (secondary N) is 1. The Morgan fingerprint density at radius 1 is 1.35 bits per heavy atom. The minimum atomic E-state index is 0.0408. The van der Waals surface area contributed by atoms with Gasteiger partial charge in [0.2, 0.25) is 0 Å². The second-order valence-electron chi connectivity index (χ2n) is 5.11. The van der Waals surface area contributed by atoms with Crippen molar-refractivity contribution in [2.75, 3.05) is 24.5 Å². The van der Waals surface area contributed by atoms with E-state index in [0.29, 0.717) is 0 Å². The Labute approximate surface area is 101 Å². The van der Waals surface area contributed by atoms with Gasteiger partial charge in [0.25, 0.3) is 6.01 Å². The molecule has 1 aromatic carbocycles. The van der Waals surface area contributed by atoms with E-state index in [1.807, 2.05) is 24.3 Å². The summed E-state index contributed by atoms with van der Waals surface area (Å²) in [5.74, 6) is 0. The van der Waals surface area contributed by atoms with Gasteiger partial charge in [-0.05, 0) is 26.0 Å². The number of oxazole rings is 1. The lowest BCUT2D eigenvalue weighted by molar-refractivity contribution is 0.356. The van der Waals surface area contributed by atoms with Crippen molar-refractivity contribution in [2.24, 2.45) is 0 Å². The molecule has 0 aliphatic carbocycles. The predicted octanol–water partition coefficient (Wildman–Crippen LogP) is 2.02. The summed E-state index contributed by atoms with van der Waals surface area (Å²) in [5.41, 5.74) is 1.83. The fraction of sp³-hybridized carbons (Fsp3) is 0.462. The van der Waals surface area contributed by atoms with Crippen LogP contribution in [-0.4, -0.2) is 30.2 Å². The zero-order valence-corrected chi connectivity index (χ0v) is 10.2. The highest BCUT2D eigenvalue weighted by molar-refractivity contribution is 5.74. The van der Waals surface area contributed by atoms with Crippen molar-refractivity contribution >= 4 is 17.1 Å². The van der Waals surface area contributed by atoms with E-state index < -0.39 is 0 Å². The lowest BCUT2D eigenvalue weighted by Gasteiger charge is -2.41. The smallest absolute Gasteiger partial charge is 0.298 e. The van der Waals surface area contributed by atoms with E-state index in [4.69, 9.17) is 4.42 Å². The van der Waals surface area contributed by atoms with Gasteiger partial charge in [-0.15, -0.1) is 0 Å². The van der Waals surface area contributed by atoms with Crippen LogP contribution in [0.25, 0.3) is 11.1 Å². The van der Waals surface area contributed by atoms with E-state index >= 15 is 0 Å². The Morgan fingerprint density at radius 3 is 2.94 bits per heavy atom. The quantitative estimate of drug-likeness (QED) is 0.815. The molecule has 1 aliphatic heterocycles. The van der Waals surface area contributed by atoms with Crippen molar-refractivity contribution in [3.8, 4) is 0 Å². The molecule has 17 heavy (non-hydrogen) atoms. The van der Waals surface area contributed by atoms with Crippen LogP contribution < -0.4 is 10.2 Å². The van der Waals surface area contributed by atoms with Crippen LogP contribution in [0.15, 0.2) is 28.7 Å². The van der Waals surface area contributed by atoms with E-state index in [1.54, 1.807) is 0 Å². The molecule has 0 saturated carbocycles. The van der Waals surface area contributed by atoms with Crippen LogP contribution in [0.3, 0.4) is 0 Å². The maximum absolute atomic E-state index is 5.83. The fourth-order valence-corrected chi connectivity index (χ4v) is 2.31. The normalized spacial score (nSPS) is 19.8. The van der Waals surface area contributed by atoms with Gasteiger partial charge in [-0.2, -0.15) is 4.98 Å². The minimum Gasteiger partial charge on any atom is -0.423 e. The largest absolute Gasteiger partial charge is 0.423 e. The number of para-hydroxylation sites is 2. The van der Waals surface area contributed by atoms with Crippen molar-refractivity contribution in [3.63, 3.8) is 0 Å². The summed E-state index contributed by atoms with van der Waals surface area (Å²) in [6, 6.07) is 8.63. The number of nitrogens with zero attached hydrogens (tertiary/aromatic N) is 2. The summed E-state index contributed by atoms with van der Waals surface area (Å²) in [4.78, 5) is 6.80. The third-order valence-electron chi connectivity index (χ3n) is 3.31. The molecule has 4 nitrogen and oxygen atoms in total. The Kier molecular flexibility index (Phi) is 2.33. The van der Waals surface area contributed by atoms with Crippen molar-refractivity contribution < 1.29 is 4.42 Å². The van der Waals surface area contributed by atoms with Gasteiger partial charge < -0.3 is 14.6 Å². The molecule has 2 aromatic rings. The third-order valence-corrected chi connectivity index (χ3v) is 3.31. The maximum atomic E-state index is 5.83. The molecule has 0 bridgehead atoms. The summed E-state index contributed by atoms with van der Waals surface area (Å²) >= 11 is 0. The van der Waals surface area contributed by atoms with E-state index in [9.17, 15) is 0 Å². The molecule has 1 fully saturated rings. The first-order chi connectivity index (χ1) is 8.17. The van der Waals surface area contributed by atoms with Gasteiger partial charge in [0.15, 0.2) is 5.58 Å². The number of aromatic nitrogens is 1. The van der Waals surface area contributed by atoms with E-state index in [0.717, 1.165) is 36.7 Å². The molecule has 2 heterocycles. The highest BCUT2D eigenvalue weighted by Crippen LogP contribution is 2.27. The molecular weight excluding hydrogens is 214 g/mol. The van der Waals surface area contributed by atoms with Gasteiger partial charge in [-0.1, -0.05) is 12.1 Å². The minimum absolute atomic E-state index is 0.0408. The lowest BCUT2D eigenvalue weighted by Crippen LogP contribution is -2.58. The molecule has 4 heteroatoms. The molecule has 1 saturated heterocycles. The number of hydrogen-bond acceptors (Lipinski definition) is 4. The van der Waals surface area contributed by atoms with E-state index in [1.165, 1.54) is 0 Å². The lowest BCUT2D eigenvalue weighted by atomic mass is 10.0. The summed E-state index contributed by atoms with van der Waals surface area (Å²) in [6.07, 6.45) is 0. The molecular formula is C13H17N3O. The second-order valence-corrected chi connectivity index (χ2v) is 5.11. The van der Waals surface area contributed by atoms with Crippen LogP contribution in [0.5, 0.6) is 0 Å². The number of hydrogen-bond donors (Lipinski definition) is 1. The molecule has 0 amide bonds. The molecule has 3 rings (SSSR count). The first kappa shape index (κ1) is 10.6. The van der Waals surface area contributed by atoms with Crippen LogP contribution in [-0.2, 0) is 0 Å². The molecule has 0 spiro atoms. The second kappa shape index (κ2) is 3.74. The molecule has 0 radical (unpaired) electrons. The van der Waals surface area contributed by atoms with Crippen LogP contribution in [0.1, 0.15) is 13.8 Å². The fourth-order valence-electron chi connectivity index (χ4n) is 2.31. The van der Waals surface area contributed by atoms with Crippen molar-refractivity contribution in [3.05, 3.63) is 24.3 Å². The molecule has 1 aliphatic rings. The number of benzene rings is 1. The first-order valence-corrected chi connectivity index (χ1v) is 6.01. The standard InChI is InChI=1S/C13H17N3O/c1-13(2)9-14-7-8-16(13)12-15-10-5-3-4-6-11(10)17-12/h3-6,14H,7-9H2,1-2H3. The molecule has 1 aromatic heterocycles. The van der Waals surface area contributed by atoms with Crippen LogP contribution in [0.2, 0.25) is 0 Å². The molecule has 0 atom stereocenters. The average molecular weight is 231 g/mol. The van der Waals surface area contributed by atoms with Gasteiger partial charge in [-0.3, -0.25) is 0 Å². The Morgan fingerprint density at radius 2 is 2.18 bits per heavy atom. The van der Waals surface area contributed by atoms with Gasteiger partial charge in [0.05, 0.1) is 5.54 Å². The first-order valence-electron chi connectivity index (χ1n) is 6.01. The van der Waals surface area contributed by atoms with Crippen molar-refractivity contribution in [1.29, 1.82) is 0 Å². The predicted molar refractivity (Wildman–Crippen MR) is 68.3 cm³/mol. The van der Waals surface area contributed by atoms with Crippen LogP contribution in [0, 0.1) is 0 Å². The van der Waals surface area contributed by atoms with Crippen molar-refractivity contribution in [1.82, 2.24) is 10.3 Å². The summed E-state index contributed by atoms with van der Waals surface area (Å²) in [6.45, 7) is 7.26. The van der Waals surface area contributed by atoms with Gasteiger partial charge >= 0.3 is 0 Å². The Hall–Kier alpha value is -1.55. The van der Waals surface area contributed by atoms with Crippen LogP contribution >= 0.6 is 0 Å². The van der Waals surface area contributed by atoms with E-state index in [2.05, 4.69) is 29.0 Å². The van der Waals surface area contributed by atoms with Gasteiger partial charge in [-0.25, -0.2) is 0 Å². The Bertz CT molecular complexity index is 499. The number of piperazine rings is 1. The highest BCUT2D eigenvalue weighted by Gasteiger charge is 2.32. The average Bonchev–Trinajstić information content (AvgIpc) is 2.71. The van der Waals surface area contributed by atoms with Crippen molar-refractivity contribution in [2.45, 2.75) is 19.4 Å². The monoisotopic (exact) mass is 231 g/mol. The highest BCUT2D eigenvalue weighted by atomic mass is 16.4. The SMILES string of the molecule is CC1(C)CNCCN1c1nc2ccccc2o1. The summed E-state index contributed by atoms with van der Waals surface area (Å²) in [5, 5.41) is 3.40.